The predicted octanol–water partition coefficient (Wildman–Crippen LogP) is 6.26. The SMILES string of the molecule is O=C(COc1ccc(Cl)cc1)N(/N=C/c1coc2ccccc2c1=O)c1nc2ccc(Br)cc2s1. The van der Waals surface area contributed by atoms with Crippen LogP contribution in [-0.4, -0.2) is 23.7 Å². The molecule has 0 spiro atoms. The predicted molar refractivity (Wildman–Crippen MR) is 142 cm³/mol. The average Bonchev–Trinajstić information content (AvgIpc) is 3.28. The molecule has 1 amide bonds. The van der Waals surface area contributed by atoms with E-state index in [1.165, 1.54) is 23.8 Å². The van der Waals surface area contributed by atoms with Crippen LogP contribution in [0.5, 0.6) is 5.75 Å². The van der Waals surface area contributed by atoms with Crippen molar-refractivity contribution < 1.29 is 13.9 Å². The number of ether oxygens (including phenoxy) is 1. The summed E-state index contributed by atoms with van der Waals surface area (Å²) in [6, 6.07) is 19.2. The van der Waals surface area contributed by atoms with E-state index in [2.05, 4.69) is 26.0 Å². The van der Waals surface area contributed by atoms with Crippen LogP contribution in [0.1, 0.15) is 5.56 Å². The van der Waals surface area contributed by atoms with Gasteiger partial charge in [-0.15, -0.1) is 0 Å². The van der Waals surface area contributed by atoms with Gasteiger partial charge in [0.1, 0.15) is 17.6 Å². The first kappa shape index (κ1) is 23.2. The van der Waals surface area contributed by atoms with E-state index in [9.17, 15) is 9.59 Å². The van der Waals surface area contributed by atoms with Crippen molar-refractivity contribution in [2.45, 2.75) is 0 Å². The lowest BCUT2D eigenvalue weighted by Gasteiger charge is -2.14. The monoisotopic (exact) mass is 567 g/mol. The van der Waals surface area contributed by atoms with Crippen molar-refractivity contribution in [3.8, 4) is 5.75 Å². The van der Waals surface area contributed by atoms with Crippen molar-refractivity contribution in [2.75, 3.05) is 11.6 Å². The first-order chi connectivity index (χ1) is 17.0. The van der Waals surface area contributed by atoms with Crippen LogP contribution in [0.4, 0.5) is 5.13 Å². The molecule has 2 heterocycles. The normalized spacial score (nSPS) is 11.4. The van der Waals surface area contributed by atoms with E-state index in [1.54, 1.807) is 48.5 Å². The van der Waals surface area contributed by atoms with E-state index < -0.39 is 5.91 Å². The molecule has 5 rings (SSSR count). The van der Waals surface area contributed by atoms with Crippen LogP contribution in [0.2, 0.25) is 5.02 Å². The summed E-state index contributed by atoms with van der Waals surface area (Å²) in [6.45, 7) is -0.301. The molecule has 0 N–H and O–H groups in total. The largest absolute Gasteiger partial charge is 0.484 e. The lowest BCUT2D eigenvalue weighted by atomic mass is 10.2. The van der Waals surface area contributed by atoms with E-state index in [0.717, 1.165) is 14.2 Å². The number of hydrogen-bond donors (Lipinski definition) is 0. The first-order valence-electron chi connectivity index (χ1n) is 10.3. The number of amides is 1. The minimum Gasteiger partial charge on any atom is -0.484 e. The van der Waals surface area contributed by atoms with Gasteiger partial charge in [-0.3, -0.25) is 9.59 Å². The Kier molecular flexibility index (Phi) is 6.63. The van der Waals surface area contributed by atoms with Crippen LogP contribution in [0.15, 0.2) is 91.8 Å². The third-order valence-electron chi connectivity index (χ3n) is 4.95. The van der Waals surface area contributed by atoms with Gasteiger partial charge in [0.15, 0.2) is 6.61 Å². The summed E-state index contributed by atoms with van der Waals surface area (Å²) < 4.78 is 12.9. The summed E-state index contributed by atoms with van der Waals surface area (Å²) in [4.78, 5) is 30.6. The summed E-state index contributed by atoms with van der Waals surface area (Å²) in [5, 5.41) is 6.76. The second-order valence-corrected chi connectivity index (χ2v) is 9.68. The van der Waals surface area contributed by atoms with Gasteiger partial charge in [-0.05, 0) is 54.6 Å². The average molecular weight is 569 g/mol. The van der Waals surface area contributed by atoms with Gasteiger partial charge >= 0.3 is 0 Å². The second-order valence-electron chi connectivity index (χ2n) is 7.32. The number of carbonyl (C=O) groups excluding carboxylic acids is 1. The molecule has 0 atom stereocenters. The number of nitrogens with zero attached hydrogens (tertiary/aromatic N) is 3. The third kappa shape index (κ3) is 5.12. The quantitative estimate of drug-likeness (QED) is 0.178. The highest BCUT2D eigenvalue weighted by atomic mass is 79.9. The van der Waals surface area contributed by atoms with Crippen LogP contribution in [0, 0.1) is 0 Å². The number of carbonyl (C=O) groups is 1. The Morgan fingerprint density at radius 1 is 1.17 bits per heavy atom. The summed E-state index contributed by atoms with van der Waals surface area (Å²) in [5.74, 6) is 0.00887. The minimum absolute atomic E-state index is 0.198. The number of anilines is 1. The number of hydrogen-bond acceptors (Lipinski definition) is 7. The maximum Gasteiger partial charge on any atom is 0.287 e. The van der Waals surface area contributed by atoms with Gasteiger partial charge in [0, 0.05) is 9.50 Å². The van der Waals surface area contributed by atoms with Crippen LogP contribution in [-0.2, 0) is 4.79 Å². The number of aromatic nitrogens is 1. The van der Waals surface area contributed by atoms with Crippen molar-refractivity contribution in [1.29, 1.82) is 0 Å². The minimum atomic E-state index is -0.473. The van der Waals surface area contributed by atoms with Gasteiger partial charge in [-0.2, -0.15) is 10.1 Å². The summed E-state index contributed by atoms with van der Waals surface area (Å²) in [5.41, 5.74) is 1.12. The molecule has 10 heteroatoms. The zero-order chi connectivity index (χ0) is 24.4. The fraction of sp³-hybridized carbons (Fsp3) is 0.0400. The molecule has 0 aliphatic carbocycles. The molecule has 7 nitrogen and oxygen atoms in total. The van der Waals surface area contributed by atoms with Gasteiger partial charge in [0.25, 0.3) is 5.91 Å². The third-order valence-corrected chi connectivity index (χ3v) is 6.69. The topological polar surface area (TPSA) is 85.0 Å². The molecule has 3 aromatic carbocycles. The maximum absolute atomic E-state index is 13.2. The fourth-order valence-corrected chi connectivity index (χ4v) is 4.86. The molecule has 174 valence electrons. The number of benzene rings is 3. The van der Waals surface area contributed by atoms with Crippen molar-refractivity contribution in [1.82, 2.24) is 4.98 Å². The number of rotatable bonds is 6. The Morgan fingerprint density at radius 3 is 2.80 bits per heavy atom. The van der Waals surface area contributed by atoms with E-state index in [1.807, 2.05) is 18.2 Å². The number of thiazole rings is 1. The van der Waals surface area contributed by atoms with Gasteiger partial charge in [-0.25, -0.2) is 4.98 Å². The molecule has 0 unspecified atom stereocenters. The molecule has 2 aromatic heterocycles. The number of halogens is 2. The molecule has 0 fully saturated rings. The fourth-order valence-electron chi connectivity index (χ4n) is 3.24. The molecule has 0 bridgehead atoms. The molecule has 35 heavy (non-hydrogen) atoms. The van der Waals surface area contributed by atoms with Crippen LogP contribution >= 0.6 is 38.9 Å². The van der Waals surface area contributed by atoms with Crippen molar-refractivity contribution in [3.63, 3.8) is 0 Å². The molecule has 0 saturated heterocycles. The Labute approximate surface area is 216 Å². The highest BCUT2D eigenvalue weighted by Crippen LogP contribution is 2.31. The molecule has 5 aromatic rings. The molecular weight excluding hydrogens is 554 g/mol. The van der Waals surface area contributed by atoms with E-state index in [-0.39, 0.29) is 17.6 Å². The van der Waals surface area contributed by atoms with Gasteiger partial charge in [0.2, 0.25) is 10.6 Å². The summed E-state index contributed by atoms with van der Waals surface area (Å²) >= 11 is 10.6. The van der Waals surface area contributed by atoms with Crippen LogP contribution in [0.3, 0.4) is 0 Å². The van der Waals surface area contributed by atoms with Gasteiger partial charge in [-0.1, -0.05) is 51.0 Å². The number of fused-ring (bicyclic) bond motifs is 2. The molecule has 0 radical (unpaired) electrons. The Hall–Kier alpha value is -3.53. The van der Waals surface area contributed by atoms with Gasteiger partial charge in [0.05, 0.1) is 27.4 Å². The van der Waals surface area contributed by atoms with Crippen molar-refractivity contribution in [2.24, 2.45) is 5.10 Å². The number of para-hydroxylation sites is 1. The zero-order valence-electron chi connectivity index (χ0n) is 17.9. The second kappa shape index (κ2) is 9.99. The van der Waals surface area contributed by atoms with E-state index >= 15 is 0 Å². The van der Waals surface area contributed by atoms with E-state index in [4.69, 9.17) is 20.8 Å². The summed E-state index contributed by atoms with van der Waals surface area (Å²) in [6.07, 6.45) is 2.61. The molecule has 0 aliphatic rings. The van der Waals surface area contributed by atoms with Crippen LogP contribution in [0.25, 0.3) is 21.2 Å². The lowest BCUT2D eigenvalue weighted by molar-refractivity contribution is -0.120. The number of hydrazone groups is 1. The highest BCUT2D eigenvalue weighted by Gasteiger charge is 2.20. The van der Waals surface area contributed by atoms with Crippen molar-refractivity contribution >= 4 is 77.3 Å². The maximum atomic E-state index is 13.2. The molecule has 0 saturated carbocycles. The first-order valence-corrected chi connectivity index (χ1v) is 12.3. The molecule has 0 aliphatic heterocycles. The Balaban J connectivity index is 1.48. The van der Waals surface area contributed by atoms with Crippen LogP contribution < -0.4 is 15.2 Å². The smallest absolute Gasteiger partial charge is 0.287 e. The van der Waals surface area contributed by atoms with Gasteiger partial charge < -0.3 is 9.15 Å². The highest BCUT2D eigenvalue weighted by molar-refractivity contribution is 9.10. The molecular formula is C25H15BrClN3O4S. The standard InChI is InChI=1S/C25H15BrClN3O4S/c26-16-5-10-20-22(11-16)35-25(29-20)30(23(31)14-33-18-8-6-17(27)7-9-18)28-12-15-13-34-21-4-2-1-3-19(21)24(15)32/h1-13H,14H2/b28-12+. The Morgan fingerprint density at radius 2 is 1.97 bits per heavy atom. The lowest BCUT2D eigenvalue weighted by Crippen LogP contribution is -2.31. The van der Waals surface area contributed by atoms with Crippen molar-refractivity contribution in [3.05, 3.63) is 98.3 Å². The van der Waals surface area contributed by atoms with E-state index in [0.29, 0.717) is 32.4 Å². The zero-order valence-corrected chi connectivity index (χ0v) is 21.0. The Bertz CT molecular complexity index is 1630. The summed E-state index contributed by atoms with van der Waals surface area (Å²) in [7, 11) is 0.